The Morgan fingerprint density at radius 2 is 2.21 bits per heavy atom. The molecular weight excluding hydrogens is 314 g/mol. The van der Waals surface area contributed by atoms with Gasteiger partial charge >= 0.3 is 5.97 Å². The molecule has 24 heavy (non-hydrogen) atoms. The third kappa shape index (κ3) is 3.37. The number of anilines is 1. The van der Waals surface area contributed by atoms with Crippen LogP contribution in [0.5, 0.6) is 0 Å². The van der Waals surface area contributed by atoms with Gasteiger partial charge in [0.1, 0.15) is 18.1 Å². The van der Waals surface area contributed by atoms with Crippen LogP contribution < -0.4 is 5.32 Å². The molecule has 1 heterocycles. The molecule has 1 aromatic heterocycles. The van der Waals surface area contributed by atoms with Crippen molar-refractivity contribution in [2.75, 3.05) is 5.32 Å². The van der Waals surface area contributed by atoms with E-state index >= 15 is 0 Å². The molecule has 1 aromatic carbocycles. The van der Waals surface area contributed by atoms with Crippen molar-refractivity contribution in [1.29, 1.82) is 0 Å². The van der Waals surface area contributed by atoms with Crippen LogP contribution in [0.4, 0.5) is 11.4 Å². The maximum absolute atomic E-state index is 12.2. The van der Waals surface area contributed by atoms with Crippen molar-refractivity contribution >= 4 is 17.3 Å². The van der Waals surface area contributed by atoms with E-state index in [2.05, 4.69) is 10.5 Å². The van der Waals surface area contributed by atoms with Crippen LogP contribution in [0.15, 0.2) is 22.7 Å². The SMILES string of the molecule is Cc1noc(C)c1COC(=O)c1ccc(NC2CC2)c([N+](=O)[O-])c1. The van der Waals surface area contributed by atoms with Crippen molar-refractivity contribution in [3.8, 4) is 0 Å². The van der Waals surface area contributed by atoms with Gasteiger partial charge in [-0.05, 0) is 38.8 Å². The van der Waals surface area contributed by atoms with Crippen LogP contribution >= 0.6 is 0 Å². The lowest BCUT2D eigenvalue weighted by Crippen LogP contribution is -2.09. The fraction of sp³-hybridized carbons (Fsp3) is 0.375. The Bertz CT molecular complexity index is 776. The zero-order valence-corrected chi connectivity index (χ0v) is 13.4. The van der Waals surface area contributed by atoms with Gasteiger partial charge in [0.15, 0.2) is 0 Å². The van der Waals surface area contributed by atoms with Crippen molar-refractivity contribution in [2.45, 2.75) is 39.3 Å². The third-order valence-electron chi connectivity index (χ3n) is 3.90. The van der Waals surface area contributed by atoms with Crippen molar-refractivity contribution < 1.29 is 19.0 Å². The highest BCUT2D eigenvalue weighted by molar-refractivity contribution is 5.91. The highest BCUT2D eigenvalue weighted by Crippen LogP contribution is 2.31. The molecule has 0 atom stereocenters. The molecule has 1 aliphatic carbocycles. The standard InChI is InChI=1S/C16H17N3O5/c1-9-13(10(2)24-18-9)8-23-16(20)11-3-6-14(17-12-4-5-12)15(7-11)19(21)22/h3,6-7,12,17H,4-5,8H2,1-2H3. The summed E-state index contributed by atoms with van der Waals surface area (Å²) in [6, 6.07) is 4.58. The second-order valence-electron chi connectivity index (χ2n) is 5.79. The van der Waals surface area contributed by atoms with E-state index in [1.807, 2.05) is 0 Å². The van der Waals surface area contributed by atoms with Gasteiger partial charge in [0, 0.05) is 12.1 Å². The third-order valence-corrected chi connectivity index (χ3v) is 3.90. The lowest BCUT2D eigenvalue weighted by molar-refractivity contribution is -0.384. The highest BCUT2D eigenvalue weighted by Gasteiger charge is 2.26. The van der Waals surface area contributed by atoms with E-state index in [1.165, 1.54) is 12.1 Å². The summed E-state index contributed by atoms with van der Waals surface area (Å²) in [6.45, 7) is 3.49. The topological polar surface area (TPSA) is 108 Å². The summed E-state index contributed by atoms with van der Waals surface area (Å²) in [4.78, 5) is 22.9. The second-order valence-corrected chi connectivity index (χ2v) is 5.79. The summed E-state index contributed by atoms with van der Waals surface area (Å²) in [5.74, 6) is -0.0497. The van der Waals surface area contributed by atoms with Gasteiger partial charge < -0.3 is 14.6 Å². The van der Waals surface area contributed by atoms with Gasteiger partial charge in [-0.2, -0.15) is 0 Å². The Morgan fingerprint density at radius 1 is 1.46 bits per heavy atom. The van der Waals surface area contributed by atoms with Crippen molar-refractivity contribution in [2.24, 2.45) is 0 Å². The molecular formula is C16H17N3O5. The molecule has 8 heteroatoms. The predicted octanol–water partition coefficient (Wildman–Crippen LogP) is 3.13. The van der Waals surface area contributed by atoms with Gasteiger partial charge in [-0.1, -0.05) is 5.16 Å². The Labute approximate surface area is 137 Å². The first-order valence-corrected chi connectivity index (χ1v) is 7.59. The molecule has 1 fully saturated rings. The predicted molar refractivity (Wildman–Crippen MR) is 84.8 cm³/mol. The largest absolute Gasteiger partial charge is 0.457 e. The fourth-order valence-corrected chi connectivity index (χ4v) is 2.31. The lowest BCUT2D eigenvalue weighted by Gasteiger charge is -2.08. The molecule has 1 aliphatic rings. The quantitative estimate of drug-likeness (QED) is 0.492. The number of hydrogen-bond donors (Lipinski definition) is 1. The van der Waals surface area contributed by atoms with Crippen LogP contribution in [0.2, 0.25) is 0 Å². The first kappa shape index (κ1) is 16.0. The molecule has 0 bridgehead atoms. The molecule has 126 valence electrons. The van der Waals surface area contributed by atoms with Crippen LogP contribution in [0.3, 0.4) is 0 Å². The number of nitrogens with zero attached hydrogens (tertiary/aromatic N) is 2. The second kappa shape index (κ2) is 6.31. The van der Waals surface area contributed by atoms with Gasteiger partial charge in [-0.25, -0.2) is 4.79 Å². The van der Waals surface area contributed by atoms with Crippen LogP contribution in [0.1, 0.15) is 40.2 Å². The Morgan fingerprint density at radius 3 is 2.79 bits per heavy atom. The minimum absolute atomic E-state index is 0.00979. The van der Waals surface area contributed by atoms with Crippen LogP contribution in [0, 0.1) is 24.0 Å². The van der Waals surface area contributed by atoms with E-state index in [0.29, 0.717) is 22.7 Å². The van der Waals surface area contributed by atoms with Gasteiger partial charge in [0.05, 0.1) is 21.7 Å². The minimum atomic E-state index is -0.629. The van der Waals surface area contributed by atoms with Crippen molar-refractivity contribution in [3.63, 3.8) is 0 Å². The summed E-state index contributed by atoms with van der Waals surface area (Å²) >= 11 is 0. The van der Waals surface area contributed by atoms with Gasteiger partial charge in [0.2, 0.25) is 0 Å². The number of esters is 1. The number of hydrogen-bond acceptors (Lipinski definition) is 7. The number of ether oxygens (including phenoxy) is 1. The number of nitro groups is 1. The number of nitro benzene ring substituents is 1. The average molecular weight is 331 g/mol. The van der Waals surface area contributed by atoms with E-state index in [4.69, 9.17) is 9.26 Å². The number of aromatic nitrogens is 1. The zero-order valence-electron chi connectivity index (χ0n) is 13.4. The smallest absolute Gasteiger partial charge is 0.338 e. The Kier molecular flexibility index (Phi) is 4.20. The molecule has 3 rings (SSSR count). The Balaban J connectivity index is 1.74. The fourth-order valence-electron chi connectivity index (χ4n) is 2.31. The van der Waals surface area contributed by atoms with Gasteiger partial charge in [-0.15, -0.1) is 0 Å². The van der Waals surface area contributed by atoms with Gasteiger partial charge in [-0.3, -0.25) is 10.1 Å². The first-order chi connectivity index (χ1) is 11.5. The van der Waals surface area contributed by atoms with Crippen LogP contribution in [-0.2, 0) is 11.3 Å². The van der Waals surface area contributed by atoms with Gasteiger partial charge in [0.25, 0.3) is 5.69 Å². The van der Waals surface area contributed by atoms with Crippen LogP contribution in [-0.4, -0.2) is 22.1 Å². The summed E-state index contributed by atoms with van der Waals surface area (Å²) in [7, 11) is 0. The molecule has 1 N–H and O–H groups in total. The Hall–Kier alpha value is -2.90. The summed E-state index contributed by atoms with van der Waals surface area (Å²) < 4.78 is 10.2. The molecule has 0 unspecified atom stereocenters. The number of nitrogens with one attached hydrogen (secondary N) is 1. The van der Waals surface area contributed by atoms with E-state index in [-0.39, 0.29) is 23.9 Å². The molecule has 2 aromatic rings. The maximum atomic E-state index is 12.2. The number of carbonyl (C=O) groups excluding carboxylic acids is 1. The first-order valence-electron chi connectivity index (χ1n) is 7.59. The summed E-state index contributed by atoms with van der Waals surface area (Å²) in [5, 5.41) is 18.1. The highest BCUT2D eigenvalue weighted by atomic mass is 16.6. The maximum Gasteiger partial charge on any atom is 0.338 e. The average Bonchev–Trinajstić information content (AvgIpc) is 3.31. The molecule has 0 spiro atoms. The monoisotopic (exact) mass is 331 g/mol. The summed E-state index contributed by atoms with van der Waals surface area (Å²) in [5.41, 5.74) is 1.77. The molecule has 8 nitrogen and oxygen atoms in total. The molecule has 1 saturated carbocycles. The van der Waals surface area contributed by atoms with E-state index in [1.54, 1.807) is 19.9 Å². The molecule has 0 radical (unpaired) electrons. The van der Waals surface area contributed by atoms with Crippen molar-refractivity contribution in [1.82, 2.24) is 5.16 Å². The molecule has 0 saturated heterocycles. The molecule has 0 aliphatic heterocycles. The zero-order chi connectivity index (χ0) is 17.3. The number of aryl methyl sites for hydroxylation is 2. The van der Waals surface area contributed by atoms with E-state index in [9.17, 15) is 14.9 Å². The van der Waals surface area contributed by atoms with E-state index in [0.717, 1.165) is 12.8 Å². The number of rotatable bonds is 6. The minimum Gasteiger partial charge on any atom is -0.457 e. The normalized spacial score (nSPS) is 13.6. The van der Waals surface area contributed by atoms with E-state index < -0.39 is 10.9 Å². The molecule has 0 amide bonds. The van der Waals surface area contributed by atoms with Crippen molar-refractivity contribution in [3.05, 3.63) is 50.9 Å². The number of carbonyl (C=O) groups is 1. The summed E-state index contributed by atoms with van der Waals surface area (Å²) in [6.07, 6.45) is 2.00. The van der Waals surface area contributed by atoms with Crippen LogP contribution in [0.25, 0.3) is 0 Å². The number of benzene rings is 1. The lowest BCUT2D eigenvalue weighted by atomic mass is 10.1.